The van der Waals surface area contributed by atoms with Crippen molar-refractivity contribution in [2.75, 3.05) is 13.1 Å². The summed E-state index contributed by atoms with van der Waals surface area (Å²) in [6, 6.07) is 6.96. The molecule has 0 aromatic heterocycles. The molecular weight excluding hydrogens is 335 g/mol. The molecule has 0 unspecified atom stereocenters. The van der Waals surface area contributed by atoms with Crippen LogP contribution in [0.1, 0.15) is 24.0 Å². The molecule has 1 aromatic carbocycles. The van der Waals surface area contributed by atoms with Crippen LogP contribution in [0, 0.1) is 6.92 Å². The molecule has 2 rings (SSSR count). The number of piperidine rings is 1. The number of nitrogens with zero attached hydrogens (tertiary/aromatic N) is 1. The minimum Gasteiger partial charge on any atom is -0.327 e. The predicted octanol–water partition coefficient (Wildman–Crippen LogP) is 3.52. The molecule has 1 aliphatic rings. The highest BCUT2D eigenvalue weighted by Crippen LogP contribution is 2.18. The lowest BCUT2D eigenvalue weighted by Crippen LogP contribution is -2.42. The maximum Gasteiger partial charge on any atom is 0.0234 e. The highest BCUT2D eigenvalue weighted by molar-refractivity contribution is 9.10. The third-order valence-corrected chi connectivity index (χ3v) is 3.51. The van der Waals surface area contributed by atoms with Crippen LogP contribution < -0.4 is 5.73 Å². The second kappa shape index (κ2) is 8.39. The zero-order chi connectivity index (χ0) is 11.5. The van der Waals surface area contributed by atoms with E-state index in [4.69, 9.17) is 5.73 Å². The number of likely N-dealkylation sites (tertiary alicyclic amines) is 1. The van der Waals surface area contributed by atoms with Gasteiger partial charge in [-0.25, -0.2) is 0 Å². The monoisotopic (exact) mass is 354 g/mol. The molecule has 0 amide bonds. The van der Waals surface area contributed by atoms with E-state index in [0.717, 1.165) is 13.1 Å². The van der Waals surface area contributed by atoms with Gasteiger partial charge >= 0.3 is 0 Å². The van der Waals surface area contributed by atoms with E-state index >= 15 is 0 Å². The van der Waals surface area contributed by atoms with Crippen molar-refractivity contribution in [3.8, 4) is 0 Å². The Morgan fingerprint density at radius 1 is 1.33 bits per heavy atom. The average Bonchev–Trinajstić information content (AvgIpc) is 2.15. The minimum atomic E-state index is 0. The summed E-state index contributed by atoms with van der Waals surface area (Å²) < 4.78 is 1.17. The van der Waals surface area contributed by atoms with Gasteiger partial charge in [-0.05, 0) is 49.6 Å². The number of benzene rings is 1. The van der Waals surface area contributed by atoms with Gasteiger partial charge in [-0.2, -0.15) is 0 Å². The summed E-state index contributed by atoms with van der Waals surface area (Å²) in [5.74, 6) is 0. The van der Waals surface area contributed by atoms with E-state index in [1.54, 1.807) is 0 Å². The summed E-state index contributed by atoms with van der Waals surface area (Å²) in [6.07, 6.45) is 2.40. The van der Waals surface area contributed by atoms with E-state index in [-0.39, 0.29) is 24.8 Å². The van der Waals surface area contributed by atoms with Crippen LogP contribution in [0.2, 0.25) is 0 Å². The fraction of sp³-hybridized carbons (Fsp3) is 0.538. The standard InChI is InChI=1S/C13H19BrN2.2ClH/c1-10-5-11(7-12(14)6-10)8-16-4-2-3-13(15)9-16;;/h5-7,13H,2-4,8-9,15H2,1H3;2*1H/t13-;;/m1../s1. The van der Waals surface area contributed by atoms with E-state index in [2.05, 4.69) is 46.0 Å². The molecule has 104 valence electrons. The molecule has 18 heavy (non-hydrogen) atoms. The number of nitrogens with two attached hydrogens (primary N) is 1. The first kappa shape index (κ1) is 18.2. The molecule has 0 bridgehead atoms. The van der Waals surface area contributed by atoms with Crippen molar-refractivity contribution in [1.29, 1.82) is 0 Å². The first-order chi connectivity index (χ1) is 7.63. The van der Waals surface area contributed by atoms with Crippen LogP contribution >= 0.6 is 40.7 Å². The molecule has 1 heterocycles. The molecule has 0 spiro atoms. The van der Waals surface area contributed by atoms with Gasteiger partial charge in [0.05, 0.1) is 0 Å². The molecule has 1 aliphatic heterocycles. The van der Waals surface area contributed by atoms with E-state index in [1.165, 1.54) is 35.0 Å². The maximum absolute atomic E-state index is 5.99. The van der Waals surface area contributed by atoms with Crippen molar-refractivity contribution >= 4 is 40.7 Å². The Morgan fingerprint density at radius 2 is 2.06 bits per heavy atom. The third-order valence-electron chi connectivity index (χ3n) is 3.05. The van der Waals surface area contributed by atoms with Crippen LogP contribution in [0.4, 0.5) is 0 Å². The number of hydrogen-bond donors (Lipinski definition) is 1. The van der Waals surface area contributed by atoms with Crippen molar-refractivity contribution < 1.29 is 0 Å². The SMILES string of the molecule is Cc1cc(Br)cc(CN2CCC[C@@H](N)C2)c1.Cl.Cl. The summed E-state index contributed by atoms with van der Waals surface area (Å²) in [6.45, 7) is 5.37. The second-order valence-electron chi connectivity index (χ2n) is 4.77. The highest BCUT2D eigenvalue weighted by atomic mass is 79.9. The van der Waals surface area contributed by atoms with E-state index in [1.807, 2.05) is 0 Å². The van der Waals surface area contributed by atoms with Crippen molar-refractivity contribution in [2.24, 2.45) is 5.73 Å². The average molecular weight is 356 g/mol. The van der Waals surface area contributed by atoms with Crippen molar-refractivity contribution in [3.05, 3.63) is 33.8 Å². The fourth-order valence-electron chi connectivity index (χ4n) is 2.40. The van der Waals surface area contributed by atoms with Gasteiger partial charge in [0.1, 0.15) is 0 Å². The maximum atomic E-state index is 5.99. The topological polar surface area (TPSA) is 29.3 Å². The molecule has 2 nitrogen and oxygen atoms in total. The highest BCUT2D eigenvalue weighted by Gasteiger charge is 2.16. The van der Waals surface area contributed by atoms with E-state index in [0.29, 0.717) is 6.04 Å². The van der Waals surface area contributed by atoms with Crippen LogP contribution in [0.5, 0.6) is 0 Å². The smallest absolute Gasteiger partial charge is 0.0234 e. The van der Waals surface area contributed by atoms with Gasteiger partial charge in [0, 0.05) is 23.6 Å². The molecule has 1 aromatic rings. The normalized spacial score (nSPS) is 19.8. The van der Waals surface area contributed by atoms with Crippen LogP contribution in [0.15, 0.2) is 22.7 Å². The van der Waals surface area contributed by atoms with E-state index < -0.39 is 0 Å². The second-order valence-corrected chi connectivity index (χ2v) is 5.69. The Morgan fingerprint density at radius 3 is 2.67 bits per heavy atom. The van der Waals surface area contributed by atoms with Crippen LogP contribution in [-0.4, -0.2) is 24.0 Å². The first-order valence-corrected chi connectivity index (χ1v) is 6.67. The zero-order valence-electron chi connectivity index (χ0n) is 10.6. The molecular formula is C13H21BrCl2N2. The van der Waals surface area contributed by atoms with Gasteiger partial charge in [0.15, 0.2) is 0 Å². The minimum absolute atomic E-state index is 0. The molecule has 2 N–H and O–H groups in total. The van der Waals surface area contributed by atoms with Gasteiger partial charge in [-0.15, -0.1) is 24.8 Å². The summed E-state index contributed by atoms with van der Waals surface area (Å²) in [5.41, 5.74) is 8.67. The quantitative estimate of drug-likeness (QED) is 0.879. The Balaban J connectivity index is 0.00000144. The Labute approximate surface area is 130 Å². The first-order valence-electron chi connectivity index (χ1n) is 5.87. The molecule has 0 saturated carbocycles. The van der Waals surface area contributed by atoms with Gasteiger partial charge in [0.2, 0.25) is 0 Å². The van der Waals surface area contributed by atoms with Crippen molar-refractivity contribution in [3.63, 3.8) is 0 Å². The summed E-state index contributed by atoms with van der Waals surface area (Å²) in [7, 11) is 0. The Bertz CT molecular complexity index is 354. The molecule has 1 atom stereocenters. The lowest BCUT2D eigenvalue weighted by Gasteiger charge is -2.30. The Kier molecular flexibility index (Phi) is 8.48. The lowest BCUT2D eigenvalue weighted by molar-refractivity contribution is 0.201. The van der Waals surface area contributed by atoms with Gasteiger partial charge < -0.3 is 5.73 Å². The van der Waals surface area contributed by atoms with E-state index in [9.17, 15) is 0 Å². The molecule has 5 heteroatoms. The number of rotatable bonds is 2. The van der Waals surface area contributed by atoms with Crippen molar-refractivity contribution in [2.45, 2.75) is 32.4 Å². The third kappa shape index (κ3) is 5.45. The largest absolute Gasteiger partial charge is 0.327 e. The lowest BCUT2D eigenvalue weighted by atomic mass is 10.1. The van der Waals surface area contributed by atoms with Crippen LogP contribution in [0.25, 0.3) is 0 Å². The predicted molar refractivity (Wildman–Crippen MR) is 85.9 cm³/mol. The molecule has 0 radical (unpaired) electrons. The summed E-state index contributed by atoms with van der Waals surface area (Å²) in [4.78, 5) is 2.45. The molecule has 0 aliphatic carbocycles. The zero-order valence-corrected chi connectivity index (χ0v) is 13.8. The fourth-order valence-corrected chi connectivity index (χ4v) is 3.05. The number of hydrogen-bond acceptors (Lipinski definition) is 2. The van der Waals surface area contributed by atoms with Crippen LogP contribution in [0.3, 0.4) is 0 Å². The number of aryl methyl sites for hydroxylation is 1. The molecule has 1 saturated heterocycles. The van der Waals surface area contributed by atoms with Gasteiger partial charge in [0.25, 0.3) is 0 Å². The summed E-state index contributed by atoms with van der Waals surface area (Å²) in [5, 5.41) is 0. The number of halogens is 3. The van der Waals surface area contributed by atoms with Crippen LogP contribution in [-0.2, 0) is 6.54 Å². The van der Waals surface area contributed by atoms with Gasteiger partial charge in [-0.1, -0.05) is 22.0 Å². The molecule has 1 fully saturated rings. The Hall–Kier alpha value is 0.200. The summed E-state index contributed by atoms with van der Waals surface area (Å²) >= 11 is 3.55. The van der Waals surface area contributed by atoms with Gasteiger partial charge in [-0.3, -0.25) is 4.90 Å². The van der Waals surface area contributed by atoms with Crippen molar-refractivity contribution in [1.82, 2.24) is 4.90 Å².